The van der Waals surface area contributed by atoms with E-state index in [4.69, 9.17) is 4.74 Å². The first kappa shape index (κ1) is 16.0. The lowest BCUT2D eigenvalue weighted by molar-refractivity contribution is -0.146. The van der Waals surface area contributed by atoms with Gasteiger partial charge in [0, 0.05) is 6.42 Å². The zero-order chi connectivity index (χ0) is 13.9. The molecule has 0 bridgehead atoms. The molecule has 0 spiro atoms. The van der Waals surface area contributed by atoms with E-state index in [-0.39, 0.29) is 17.9 Å². The van der Waals surface area contributed by atoms with Gasteiger partial charge in [0.05, 0.1) is 13.3 Å². The van der Waals surface area contributed by atoms with Crippen LogP contribution in [-0.4, -0.2) is 31.2 Å². The molecule has 2 N–H and O–H groups in total. The molecule has 0 aromatic heterocycles. The van der Waals surface area contributed by atoms with E-state index in [2.05, 4.69) is 10.6 Å². The first-order chi connectivity index (χ1) is 9.20. The van der Waals surface area contributed by atoms with Crippen LogP contribution in [0.5, 0.6) is 0 Å². The molecule has 1 atom stereocenters. The number of amides is 1. The van der Waals surface area contributed by atoms with Crippen molar-refractivity contribution in [1.29, 1.82) is 0 Å². The summed E-state index contributed by atoms with van der Waals surface area (Å²) in [6.45, 7) is 2.56. The Morgan fingerprint density at radius 3 is 2.37 bits per heavy atom. The monoisotopic (exact) mass is 270 g/mol. The number of nitrogens with one attached hydrogen (secondary N) is 2. The van der Waals surface area contributed by atoms with Gasteiger partial charge in [0.15, 0.2) is 0 Å². The van der Waals surface area contributed by atoms with Crippen LogP contribution in [0, 0.1) is 0 Å². The Labute approximate surface area is 115 Å². The number of esters is 1. The molecule has 1 rings (SSSR count). The summed E-state index contributed by atoms with van der Waals surface area (Å²) in [6, 6.07) is -0.381. The fraction of sp³-hybridized carbons (Fsp3) is 0.857. The quantitative estimate of drug-likeness (QED) is 0.658. The SMILES string of the molecule is CC1NCNC(=O)CCCCCCCCCOC1=O. The highest BCUT2D eigenvalue weighted by molar-refractivity contribution is 5.76. The lowest BCUT2D eigenvalue weighted by atomic mass is 10.1. The van der Waals surface area contributed by atoms with E-state index < -0.39 is 0 Å². The number of cyclic esters (lactones) is 1. The first-order valence-electron chi connectivity index (χ1n) is 7.37. The summed E-state index contributed by atoms with van der Waals surface area (Å²) in [4.78, 5) is 23.1. The topological polar surface area (TPSA) is 67.4 Å². The third kappa shape index (κ3) is 7.82. The molecule has 5 heteroatoms. The second-order valence-electron chi connectivity index (χ2n) is 5.09. The zero-order valence-electron chi connectivity index (χ0n) is 11.9. The molecule has 110 valence electrons. The molecule has 1 heterocycles. The largest absolute Gasteiger partial charge is 0.465 e. The Morgan fingerprint density at radius 2 is 1.63 bits per heavy atom. The Balaban J connectivity index is 2.32. The van der Waals surface area contributed by atoms with Crippen molar-refractivity contribution in [3.8, 4) is 0 Å². The predicted molar refractivity (Wildman–Crippen MR) is 73.5 cm³/mol. The van der Waals surface area contributed by atoms with Crippen molar-refractivity contribution in [3.63, 3.8) is 0 Å². The molecule has 1 saturated heterocycles. The van der Waals surface area contributed by atoms with Gasteiger partial charge < -0.3 is 10.1 Å². The van der Waals surface area contributed by atoms with Crippen molar-refractivity contribution in [3.05, 3.63) is 0 Å². The van der Waals surface area contributed by atoms with Crippen molar-refractivity contribution in [1.82, 2.24) is 10.6 Å². The van der Waals surface area contributed by atoms with Gasteiger partial charge in [-0.3, -0.25) is 14.9 Å². The Morgan fingerprint density at radius 1 is 1.00 bits per heavy atom. The van der Waals surface area contributed by atoms with Gasteiger partial charge >= 0.3 is 5.97 Å². The van der Waals surface area contributed by atoms with Gasteiger partial charge in [-0.15, -0.1) is 0 Å². The van der Waals surface area contributed by atoms with E-state index in [1.54, 1.807) is 6.92 Å². The Kier molecular flexibility index (Phi) is 8.21. The van der Waals surface area contributed by atoms with Gasteiger partial charge in [0.2, 0.25) is 5.91 Å². The minimum atomic E-state index is -0.381. The Hall–Kier alpha value is -1.10. The third-order valence-electron chi connectivity index (χ3n) is 3.34. The van der Waals surface area contributed by atoms with Crippen LogP contribution in [0.2, 0.25) is 0 Å². The van der Waals surface area contributed by atoms with Crippen LogP contribution in [-0.2, 0) is 14.3 Å². The summed E-state index contributed by atoms with van der Waals surface area (Å²) >= 11 is 0. The fourth-order valence-electron chi connectivity index (χ4n) is 2.04. The van der Waals surface area contributed by atoms with Crippen LogP contribution in [0.25, 0.3) is 0 Å². The summed E-state index contributed by atoms with van der Waals surface area (Å²) in [7, 11) is 0. The van der Waals surface area contributed by atoms with Gasteiger partial charge in [-0.05, 0) is 19.8 Å². The smallest absolute Gasteiger partial charge is 0.322 e. The van der Waals surface area contributed by atoms with Crippen molar-refractivity contribution in [2.75, 3.05) is 13.3 Å². The highest BCUT2D eigenvalue weighted by Crippen LogP contribution is 2.09. The van der Waals surface area contributed by atoms with Gasteiger partial charge in [0.1, 0.15) is 6.04 Å². The molecule has 0 radical (unpaired) electrons. The molecular formula is C14H26N2O3. The van der Waals surface area contributed by atoms with Crippen LogP contribution in [0.3, 0.4) is 0 Å². The Bertz CT molecular complexity index is 282. The van der Waals surface area contributed by atoms with Crippen molar-refractivity contribution >= 4 is 11.9 Å². The molecule has 19 heavy (non-hydrogen) atoms. The number of carbonyl (C=O) groups is 2. The van der Waals surface area contributed by atoms with Gasteiger partial charge in [-0.2, -0.15) is 0 Å². The van der Waals surface area contributed by atoms with Crippen LogP contribution in [0.4, 0.5) is 0 Å². The van der Waals surface area contributed by atoms with E-state index in [1.165, 1.54) is 19.3 Å². The standard InChI is InChI=1S/C14H26N2O3/c1-12-14(18)19-10-8-6-4-2-3-5-7-9-13(17)16-11-15-12/h12,15H,2-11H2,1H3,(H,16,17). The summed E-state index contributed by atoms with van der Waals surface area (Å²) in [5.74, 6) is -0.207. The second-order valence-corrected chi connectivity index (χ2v) is 5.09. The number of ether oxygens (including phenoxy) is 1. The van der Waals surface area contributed by atoms with Crippen LogP contribution in [0.15, 0.2) is 0 Å². The molecule has 0 aliphatic carbocycles. The summed E-state index contributed by atoms with van der Waals surface area (Å²) in [5.41, 5.74) is 0. The summed E-state index contributed by atoms with van der Waals surface area (Å²) < 4.78 is 5.17. The average Bonchev–Trinajstić information content (AvgIpc) is 2.39. The summed E-state index contributed by atoms with van der Waals surface area (Å²) in [6.07, 6.45) is 8.24. The molecule has 1 unspecified atom stereocenters. The number of hydrogen-bond donors (Lipinski definition) is 2. The van der Waals surface area contributed by atoms with E-state index in [9.17, 15) is 9.59 Å². The minimum absolute atomic E-state index is 0.0418. The van der Waals surface area contributed by atoms with Crippen molar-refractivity contribution < 1.29 is 14.3 Å². The van der Waals surface area contributed by atoms with Gasteiger partial charge in [-0.25, -0.2) is 0 Å². The molecule has 1 aliphatic heterocycles. The van der Waals surface area contributed by atoms with Crippen LogP contribution < -0.4 is 10.6 Å². The van der Waals surface area contributed by atoms with E-state index >= 15 is 0 Å². The lowest BCUT2D eigenvalue weighted by Gasteiger charge is -2.14. The molecule has 5 nitrogen and oxygen atoms in total. The molecular weight excluding hydrogens is 244 g/mol. The maximum Gasteiger partial charge on any atom is 0.322 e. The molecule has 0 aromatic rings. The maximum absolute atomic E-state index is 11.6. The molecule has 1 aliphatic rings. The number of hydrogen-bond acceptors (Lipinski definition) is 4. The highest BCUT2D eigenvalue weighted by atomic mass is 16.5. The summed E-state index contributed by atoms with van der Waals surface area (Å²) in [5, 5.41) is 5.70. The normalized spacial score (nSPS) is 25.4. The highest BCUT2D eigenvalue weighted by Gasteiger charge is 2.13. The second kappa shape index (κ2) is 9.78. The van der Waals surface area contributed by atoms with Crippen LogP contribution in [0.1, 0.15) is 58.3 Å². The van der Waals surface area contributed by atoms with Crippen molar-refractivity contribution in [2.24, 2.45) is 0 Å². The zero-order valence-corrected chi connectivity index (χ0v) is 11.9. The molecule has 0 saturated carbocycles. The number of rotatable bonds is 0. The third-order valence-corrected chi connectivity index (χ3v) is 3.34. The van der Waals surface area contributed by atoms with E-state index in [0.29, 0.717) is 19.7 Å². The molecule has 1 amide bonds. The van der Waals surface area contributed by atoms with E-state index in [0.717, 1.165) is 25.7 Å². The van der Waals surface area contributed by atoms with Gasteiger partial charge in [0.25, 0.3) is 0 Å². The molecule has 0 aromatic carbocycles. The average molecular weight is 270 g/mol. The predicted octanol–water partition coefficient (Wildman–Crippen LogP) is 1.72. The van der Waals surface area contributed by atoms with E-state index in [1.807, 2.05) is 0 Å². The maximum atomic E-state index is 11.6. The first-order valence-corrected chi connectivity index (χ1v) is 7.37. The van der Waals surface area contributed by atoms with Crippen LogP contribution >= 0.6 is 0 Å². The lowest BCUT2D eigenvalue weighted by Crippen LogP contribution is -2.42. The van der Waals surface area contributed by atoms with Gasteiger partial charge in [-0.1, -0.05) is 32.1 Å². The minimum Gasteiger partial charge on any atom is -0.465 e. The fourth-order valence-corrected chi connectivity index (χ4v) is 2.04. The molecule has 1 fully saturated rings. The number of carbonyl (C=O) groups excluding carboxylic acids is 2. The van der Waals surface area contributed by atoms with Crippen molar-refractivity contribution in [2.45, 2.75) is 64.3 Å².